The molecule has 0 spiro atoms. The van der Waals surface area contributed by atoms with Crippen LogP contribution in [0, 0.1) is 5.92 Å². The second-order valence-corrected chi connectivity index (χ2v) is 3.02. The molecule has 2 atom stereocenters. The molecule has 0 radical (unpaired) electrons. The molecule has 0 rings (SSSR count). The molecular formula is C8H17NO. The van der Waals surface area contributed by atoms with Crippen molar-refractivity contribution in [1.82, 2.24) is 0 Å². The number of aliphatic hydroxyl groups is 1. The highest BCUT2D eigenvalue weighted by Gasteiger charge is 2.11. The molecule has 0 aliphatic rings. The minimum atomic E-state index is -0.553. The van der Waals surface area contributed by atoms with Crippen LogP contribution in [0.1, 0.15) is 20.3 Å². The molecule has 0 fully saturated rings. The third-order valence-corrected chi connectivity index (χ3v) is 1.42. The summed E-state index contributed by atoms with van der Waals surface area (Å²) in [5, 5.41) is 9.13. The number of rotatable bonds is 4. The molecule has 0 saturated heterocycles. The van der Waals surface area contributed by atoms with Crippen molar-refractivity contribution in [1.29, 1.82) is 0 Å². The van der Waals surface area contributed by atoms with Crippen LogP contribution in [-0.2, 0) is 0 Å². The van der Waals surface area contributed by atoms with E-state index in [0.717, 1.165) is 6.42 Å². The first-order valence-corrected chi connectivity index (χ1v) is 3.64. The van der Waals surface area contributed by atoms with Crippen LogP contribution in [-0.4, -0.2) is 17.3 Å². The van der Waals surface area contributed by atoms with Crippen LogP contribution in [0.4, 0.5) is 0 Å². The van der Waals surface area contributed by atoms with Crippen molar-refractivity contribution in [2.45, 2.75) is 32.4 Å². The van der Waals surface area contributed by atoms with Crippen LogP contribution in [0.3, 0.4) is 0 Å². The van der Waals surface area contributed by atoms with Gasteiger partial charge in [0, 0.05) is 6.04 Å². The van der Waals surface area contributed by atoms with Gasteiger partial charge in [-0.05, 0) is 12.3 Å². The Hall–Kier alpha value is -0.340. The molecule has 0 aliphatic heterocycles. The van der Waals surface area contributed by atoms with E-state index in [0.29, 0.717) is 5.92 Å². The predicted octanol–water partition coefficient (Wildman–Crippen LogP) is 0.907. The van der Waals surface area contributed by atoms with E-state index in [4.69, 9.17) is 10.8 Å². The summed E-state index contributed by atoms with van der Waals surface area (Å²) < 4.78 is 0. The third-order valence-electron chi connectivity index (χ3n) is 1.42. The fourth-order valence-corrected chi connectivity index (χ4v) is 0.859. The Morgan fingerprint density at radius 1 is 1.60 bits per heavy atom. The van der Waals surface area contributed by atoms with Gasteiger partial charge in [0.05, 0.1) is 6.10 Å². The summed E-state index contributed by atoms with van der Waals surface area (Å²) in [5.74, 6) is 0.532. The molecule has 3 N–H and O–H groups in total. The SMILES string of the molecule is C=C[C@@H](O)[C@@H](N)CC(C)C. The van der Waals surface area contributed by atoms with Crippen LogP contribution < -0.4 is 5.73 Å². The van der Waals surface area contributed by atoms with E-state index >= 15 is 0 Å². The van der Waals surface area contributed by atoms with Crippen molar-refractivity contribution in [3.05, 3.63) is 12.7 Å². The molecule has 2 nitrogen and oxygen atoms in total. The molecule has 0 heterocycles. The van der Waals surface area contributed by atoms with Gasteiger partial charge in [0.1, 0.15) is 0 Å². The van der Waals surface area contributed by atoms with Gasteiger partial charge in [0.15, 0.2) is 0 Å². The molecule has 0 saturated carbocycles. The normalized spacial score (nSPS) is 16.9. The minimum absolute atomic E-state index is 0.155. The first kappa shape index (κ1) is 9.66. The lowest BCUT2D eigenvalue weighted by Gasteiger charge is -2.16. The van der Waals surface area contributed by atoms with Crippen molar-refractivity contribution < 1.29 is 5.11 Å². The molecule has 0 bridgehead atoms. The van der Waals surface area contributed by atoms with Gasteiger partial charge in [-0.25, -0.2) is 0 Å². The second-order valence-electron chi connectivity index (χ2n) is 3.02. The van der Waals surface area contributed by atoms with Crippen molar-refractivity contribution >= 4 is 0 Å². The van der Waals surface area contributed by atoms with Crippen LogP contribution in [0.2, 0.25) is 0 Å². The Labute approximate surface area is 62.7 Å². The highest BCUT2D eigenvalue weighted by molar-refractivity contribution is 4.86. The third kappa shape index (κ3) is 3.64. The van der Waals surface area contributed by atoms with Crippen molar-refractivity contribution in [3.63, 3.8) is 0 Å². The van der Waals surface area contributed by atoms with Crippen molar-refractivity contribution in [2.75, 3.05) is 0 Å². The summed E-state index contributed by atoms with van der Waals surface area (Å²) in [5.41, 5.74) is 5.61. The summed E-state index contributed by atoms with van der Waals surface area (Å²) in [7, 11) is 0. The van der Waals surface area contributed by atoms with Crippen LogP contribution in [0.15, 0.2) is 12.7 Å². The predicted molar refractivity (Wildman–Crippen MR) is 43.6 cm³/mol. The fraction of sp³-hybridized carbons (Fsp3) is 0.750. The molecule has 0 aromatic rings. The average molecular weight is 143 g/mol. The topological polar surface area (TPSA) is 46.2 Å². The fourth-order valence-electron chi connectivity index (χ4n) is 0.859. The average Bonchev–Trinajstić information content (AvgIpc) is 1.85. The van der Waals surface area contributed by atoms with Crippen LogP contribution >= 0.6 is 0 Å². The molecule has 0 aliphatic carbocycles. The van der Waals surface area contributed by atoms with Gasteiger partial charge in [0.2, 0.25) is 0 Å². The number of aliphatic hydroxyl groups excluding tert-OH is 1. The van der Waals surface area contributed by atoms with E-state index < -0.39 is 6.10 Å². The quantitative estimate of drug-likeness (QED) is 0.574. The molecular weight excluding hydrogens is 126 g/mol. The lowest BCUT2D eigenvalue weighted by atomic mass is 10.0. The highest BCUT2D eigenvalue weighted by atomic mass is 16.3. The van der Waals surface area contributed by atoms with Crippen LogP contribution in [0.5, 0.6) is 0 Å². The first-order chi connectivity index (χ1) is 4.57. The van der Waals surface area contributed by atoms with Crippen LogP contribution in [0.25, 0.3) is 0 Å². The van der Waals surface area contributed by atoms with E-state index in [2.05, 4.69) is 20.4 Å². The number of nitrogens with two attached hydrogens (primary N) is 1. The van der Waals surface area contributed by atoms with Gasteiger partial charge in [-0.3, -0.25) is 0 Å². The summed E-state index contributed by atoms with van der Waals surface area (Å²) in [6.45, 7) is 7.62. The molecule has 2 heteroatoms. The largest absolute Gasteiger partial charge is 0.387 e. The second kappa shape index (κ2) is 4.47. The highest BCUT2D eigenvalue weighted by Crippen LogP contribution is 2.05. The van der Waals surface area contributed by atoms with Crippen molar-refractivity contribution in [2.24, 2.45) is 11.7 Å². The minimum Gasteiger partial charge on any atom is -0.387 e. The molecule has 0 aromatic carbocycles. The van der Waals surface area contributed by atoms with Crippen molar-refractivity contribution in [3.8, 4) is 0 Å². The number of hydrogen-bond donors (Lipinski definition) is 2. The standard InChI is InChI=1S/C8H17NO/c1-4-8(10)7(9)5-6(2)3/h4,6-8,10H,1,5,9H2,2-3H3/t7-,8+/m0/s1. The van der Waals surface area contributed by atoms with E-state index in [9.17, 15) is 0 Å². The monoisotopic (exact) mass is 143 g/mol. The van der Waals surface area contributed by atoms with Gasteiger partial charge in [-0.15, -0.1) is 6.58 Å². The Morgan fingerprint density at radius 2 is 2.10 bits per heavy atom. The zero-order valence-electron chi connectivity index (χ0n) is 6.75. The van der Waals surface area contributed by atoms with E-state index in [-0.39, 0.29) is 6.04 Å². The van der Waals surface area contributed by atoms with E-state index in [1.54, 1.807) is 0 Å². The number of hydrogen-bond acceptors (Lipinski definition) is 2. The summed E-state index contributed by atoms with van der Waals surface area (Å²) in [6, 6.07) is -0.155. The Kier molecular flexibility index (Phi) is 4.32. The Morgan fingerprint density at radius 3 is 2.40 bits per heavy atom. The lowest BCUT2D eigenvalue weighted by Crippen LogP contribution is -2.34. The van der Waals surface area contributed by atoms with Gasteiger partial charge < -0.3 is 10.8 Å². The Balaban J connectivity index is 3.60. The zero-order chi connectivity index (χ0) is 8.15. The molecule has 0 amide bonds. The smallest absolute Gasteiger partial charge is 0.0869 e. The summed E-state index contributed by atoms with van der Waals surface area (Å²) in [4.78, 5) is 0. The zero-order valence-corrected chi connectivity index (χ0v) is 6.75. The van der Waals surface area contributed by atoms with Gasteiger partial charge >= 0.3 is 0 Å². The van der Waals surface area contributed by atoms with Gasteiger partial charge in [-0.1, -0.05) is 19.9 Å². The maximum Gasteiger partial charge on any atom is 0.0869 e. The maximum absolute atomic E-state index is 9.13. The Bertz CT molecular complexity index is 101. The van der Waals surface area contributed by atoms with Gasteiger partial charge in [0.25, 0.3) is 0 Å². The lowest BCUT2D eigenvalue weighted by molar-refractivity contribution is 0.179. The molecule has 60 valence electrons. The summed E-state index contributed by atoms with van der Waals surface area (Å²) in [6.07, 6.45) is 1.77. The molecule has 0 aromatic heterocycles. The maximum atomic E-state index is 9.13. The molecule has 0 unspecified atom stereocenters. The van der Waals surface area contributed by atoms with E-state index in [1.165, 1.54) is 6.08 Å². The molecule has 10 heavy (non-hydrogen) atoms. The first-order valence-electron chi connectivity index (χ1n) is 3.64. The summed E-state index contributed by atoms with van der Waals surface area (Å²) >= 11 is 0. The van der Waals surface area contributed by atoms with E-state index in [1.807, 2.05) is 0 Å². The van der Waals surface area contributed by atoms with Gasteiger partial charge in [-0.2, -0.15) is 0 Å².